The van der Waals surface area contributed by atoms with Crippen LogP contribution in [0.4, 0.5) is 0 Å². The molecule has 3 nitrogen and oxygen atoms in total. The van der Waals surface area contributed by atoms with Crippen molar-refractivity contribution in [3.8, 4) is 11.1 Å². The number of halogens is 2. The first-order valence-electron chi connectivity index (χ1n) is 7.03. The Labute approximate surface area is 147 Å². The molecule has 0 fully saturated rings. The van der Waals surface area contributed by atoms with Crippen LogP contribution < -0.4 is 0 Å². The first-order chi connectivity index (χ1) is 10.6. The molecule has 0 saturated heterocycles. The molecular weight excluding hydrogens is 355 g/mol. The van der Waals surface area contributed by atoms with E-state index in [-0.39, 0.29) is 16.9 Å². The van der Waals surface area contributed by atoms with Crippen LogP contribution in [0.5, 0.6) is 0 Å². The van der Waals surface area contributed by atoms with E-state index in [9.17, 15) is 8.42 Å². The van der Waals surface area contributed by atoms with Gasteiger partial charge in [-0.3, -0.25) is 4.18 Å². The van der Waals surface area contributed by atoms with Crippen molar-refractivity contribution in [1.82, 2.24) is 0 Å². The molecule has 0 aliphatic heterocycles. The maximum absolute atomic E-state index is 12.2. The second-order valence-corrected chi connectivity index (χ2v) is 8.88. The SMILES string of the molecule is CC(C)(C)COS(=O)(=O)c1ccc(-c2cc(Cl)ccc2Cl)cc1. The van der Waals surface area contributed by atoms with Crippen molar-refractivity contribution in [1.29, 1.82) is 0 Å². The zero-order valence-electron chi connectivity index (χ0n) is 13.1. The first-order valence-corrected chi connectivity index (χ1v) is 9.20. The largest absolute Gasteiger partial charge is 0.296 e. The zero-order valence-corrected chi connectivity index (χ0v) is 15.5. The Morgan fingerprint density at radius 1 is 1.00 bits per heavy atom. The van der Waals surface area contributed by atoms with Crippen LogP contribution in [0, 0.1) is 5.41 Å². The van der Waals surface area contributed by atoms with Crippen LogP contribution in [0.2, 0.25) is 10.0 Å². The Balaban J connectivity index is 2.27. The highest BCUT2D eigenvalue weighted by Gasteiger charge is 2.20. The summed E-state index contributed by atoms with van der Waals surface area (Å²) >= 11 is 12.1. The second-order valence-electron chi connectivity index (χ2n) is 6.43. The fourth-order valence-electron chi connectivity index (χ4n) is 1.84. The average Bonchev–Trinajstić information content (AvgIpc) is 2.47. The molecule has 2 rings (SSSR count). The molecule has 0 aromatic heterocycles. The summed E-state index contributed by atoms with van der Waals surface area (Å²) in [6, 6.07) is 11.5. The van der Waals surface area contributed by atoms with E-state index < -0.39 is 10.1 Å². The molecule has 0 aliphatic carbocycles. The van der Waals surface area contributed by atoms with Crippen molar-refractivity contribution in [2.24, 2.45) is 5.41 Å². The van der Waals surface area contributed by atoms with E-state index in [4.69, 9.17) is 27.4 Å². The van der Waals surface area contributed by atoms with Crippen LogP contribution in [-0.4, -0.2) is 15.0 Å². The second kappa shape index (κ2) is 6.81. The molecule has 6 heteroatoms. The van der Waals surface area contributed by atoms with Crippen LogP contribution in [0.25, 0.3) is 11.1 Å². The summed E-state index contributed by atoms with van der Waals surface area (Å²) in [5.41, 5.74) is 1.30. The average molecular weight is 373 g/mol. The highest BCUT2D eigenvalue weighted by molar-refractivity contribution is 7.86. The lowest BCUT2D eigenvalue weighted by atomic mass is 9.99. The summed E-state index contributed by atoms with van der Waals surface area (Å²) in [7, 11) is -3.77. The van der Waals surface area contributed by atoms with E-state index in [1.54, 1.807) is 30.3 Å². The van der Waals surface area contributed by atoms with E-state index in [2.05, 4.69) is 0 Å². The van der Waals surface area contributed by atoms with Gasteiger partial charge in [0.25, 0.3) is 10.1 Å². The van der Waals surface area contributed by atoms with Gasteiger partial charge in [0, 0.05) is 15.6 Å². The third-order valence-electron chi connectivity index (χ3n) is 3.03. The Kier molecular flexibility index (Phi) is 5.41. The van der Waals surface area contributed by atoms with E-state index in [1.165, 1.54) is 12.1 Å². The summed E-state index contributed by atoms with van der Waals surface area (Å²) in [4.78, 5) is 0.114. The molecule has 0 bridgehead atoms. The quantitative estimate of drug-likeness (QED) is 0.673. The van der Waals surface area contributed by atoms with E-state index in [0.717, 1.165) is 11.1 Å². The van der Waals surface area contributed by atoms with E-state index in [1.807, 2.05) is 20.8 Å². The third-order valence-corrected chi connectivity index (χ3v) is 4.87. The lowest BCUT2D eigenvalue weighted by Crippen LogP contribution is -2.18. The molecular formula is C17H18Cl2O3S. The van der Waals surface area contributed by atoms with Crippen molar-refractivity contribution < 1.29 is 12.6 Å². The van der Waals surface area contributed by atoms with Crippen molar-refractivity contribution in [2.75, 3.05) is 6.61 Å². The number of hydrogen-bond acceptors (Lipinski definition) is 3. The van der Waals surface area contributed by atoms with Gasteiger partial charge in [-0.2, -0.15) is 8.42 Å². The van der Waals surface area contributed by atoms with Crippen LogP contribution in [0.3, 0.4) is 0 Å². The minimum atomic E-state index is -3.77. The van der Waals surface area contributed by atoms with Gasteiger partial charge in [-0.1, -0.05) is 56.1 Å². The predicted molar refractivity (Wildman–Crippen MR) is 94.5 cm³/mol. The molecule has 0 unspecified atom stereocenters. The Morgan fingerprint density at radius 2 is 1.61 bits per heavy atom. The molecule has 124 valence electrons. The van der Waals surface area contributed by atoms with Crippen molar-refractivity contribution in [2.45, 2.75) is 25.7 Å². The molecule has 0 aliphatic rings. The minimum absolute atomic E-state index is 0.114. The summed E-state index contributed by atoms with van der Waals surface area (Å²) in [6.45, 7) is 5.85. The lowest BCUT2D eigenvalue weighted by Gasteiger charge is -2.17. The normalized spacial score (nSPS) is 12.4. The molecule has 23 heavy (non-hydrogen) atoms. The number of hydrogen-bond donors (Lipinski definition) is 0. The summed E-state index contributed by atoms with van der Waals surface area (Å²) in [5, 5.41) is 1.11. The van der Waals surface area contributed by atoms with Gasteiger partial charge in [-0.05, 0) is 41.3 Å². The number of benzene rings is 2. The highest BCUT2D eigenvalue weighted by Crippen LogP contribution is 2.31. The molecule has 2 aromatic rings. The van der Waals surface area contributed by atoms with Crippen LogP contribution in [0.1, 0.15) is 20.8 Å². The van der Waals surface area contributed by atoms with Gasteiger partial charge in [0.05, 0.1) is 11.5 Å². The fourth-order valence-corrected chi connectivity index (χ4v) is 3.36. The first kappa shape index (κ1) is 18.3. The molecule has 0 saturated carbocycles. The van der Waals surface area contributed by atoms with Crippen LogP contribution >= 0.6 is 23.2 Å². The molecule has 0 heterocycles. The highest BCUT2D eigenvalue weighted by atomic mass is 35.5. The molecule has 0 spiro atoms. The Bertz CT molecular complexity index is 792. The predicted octanol–water partition coefficient (Wildman–Crippen LogP) is 5.41. The van der Waals surface area contributed by atoms with Gasteiger partial charge in [-0.15, -0.1) is 0 Å². The topological polar surface area (TPSA) is 43.4 Å². The van der Waals surface area contributed by atoms with Crippen LogP contribution in [0.15, 0.2) is 47.4 Å². The van der Waals surface area contributed by atoms with E-state index in [0.29, 0.717) is 10.0 Å². The van der Waals surface area contributed by atoms with Crippen molar-refractivity contribution >= 4 is 33.3 Å². The fraction of sp³-hybridized carbons (Fsp3) is 0.294. The van der Waals surface area contributed by atoms with Gasteiger partial charge in [-0.25, -0.2) is 0 Å². The van der Waals surface area contributed by atoms with Crippen molar-refractivity contribution in [3.05, 3.63) is 52.5 Å². The Hall–Kier alpha value is -1.07. The van der Waals surface area contributed by atoms with Gasteiger partial charge in [0.2, 0.25) is 0 Å². The standard InChI is InChI=1S/C17H18Cl2O3S/c1-17(2,3)11-22-23(20,21)14-7-4-12(5-8-14)15-10-13(18)6-9-16(15)19/h4-10H,11H2,1-3H3. The summed E-state index contributed by atoms with van der Waals surface area (Å²) in [5.74, 6) is 0. The Morgan fingerprint density at radius 3 is 2.17 bits per heavy atom. The third kappa shape index (κ3) is 4.95. The van der Waals surface area contributed by atoms with Crippen LogP contribution in [-0.2, 0) is 14.3 Å². The monoisotopic (exact) mass is 372 g/mol. The molecule has 0 amide bonds. The molecule has 0 radical (unpaired) electrons. The van der Waals surface area contributed by atoms with Gasteiger partial charge in [0.15, 0.2) is 0 Å². The van der Waals surface area contributed by atoms with Gasteiger partial charge < -0.3 is 0 Å². The van der Waals surface area contributed by atoms with Gasteiger partial charge >= 0.3 is 0 Å². The maximum Gasteiger partial charge on any atom is 0.296 e. The van der Waals surface area contributed by atoms with Crippen molar-refractivity contribution in [3.63, 3.8) is 0 Å². The zero-order chi connectivity index (χ0) is 17.3. The minimum Gasteiger partial charge on any atom is -0.266 e. The molecule has 2 aromatic carbocycles. The smallest absolute Gasteiger partial charge is 0.266 e. The van der Waals surface area contributed by atoms with E-state index >= 15 is 0 Å². The lowest BCUT2D eigenvalue weighted by molar-refractivity contribution is 0.203. The maximum atomic E-state index is 12.2. The molecule has 0 atom stereocenters. The summed E-state index contributed by atoms with van der Waals surface area (Å²) < 4.78 is 29.5. The molecule has 0 N–H and O–H groups in total. The summed E-state index contributed by atoms with van der Waals surface area (Å²) in [6.07, 6.45) is 0. The van der Waals surface area contributed by atoms with Gasteiger partial charge in [0.1, 0.15) is 0 Å². The number of rotatable bonds is 4.